The van der Waals surface area contributed by atoms with Crippen molar-refractivity contribution in [1.82, 2.24) is 4.31 Å². The van der Waals surface area contributed by atoms with Crippen molar-refractivity contribution in [2.45, 2.75) is 17.8 Å². The molecule has 2 aromatic carbocycles. The van der Waals surface area contributed by atoms with Crippen LogP contribution in [0.25, 0.3) is 0 Å². The van der Waals surface area contributed by atoms with E-state index in [9.17, 15) is 21.6 Å². The van der Waals surface area contributed by atoms with Gasteiger partial charge in [-0.1, -0.05) is 48.5 Å². The van der Waals surface area contributed by atoms with Crippen molar-refractivity contribution in [2.75, 3.05) is 19.6 Å². The van der Waals surface area contributed by atoms with Crippen molar-refractivity contribution in [2.24, 2.45) is 11.7 Å². The van der Waals surface area contributed by atoms with E-state index in [0.29, 0.717) is 6.54 Å². The summed E-state index contributed by atoms with van der Waals surface area (Å²) in [7, 11) is -3.90. The van der Waals surface area contributed by atoms with E-state index in [0.717, 1.165) is 11.6 Å². The van der Waals surface area contributed by atoms with Crippen LogP contribution in [0.5, 0.6) is 0 Å². The number of alkyl halides is 3. The minimum absolute atomic E-state index is 0. The highest BCUT2D eigenvalue weighted by atomic mass is 35.5. The smallest absolute Gasteiger partial charge is 0.330 e. The van der Waals surface area contributed by atoms with Crippen LogP contribution in [0.1, 0.15) is 22.6 Å². The second kappa shape index (κ2) is 8.82. The molecule has 1 aliphatic heterocycles. The van der Waals surface area contributed by atoms with E-state index in [1.54, 1.807) is 0 Å². The largest absolute Gasteiger partial charge is 0.416 e. The van der Waals surface area contributed by atoms with E-state index in [1.165, 1.54) is 22.5 Å². The normalized spacial score (nSPS) is 20.7. The molecule has 0 aliphatic carbocycles. The van der Waals surface area contributed by atoms with E-state index >= 15 is 0 Å². The van der Waals surface area contributed by atoms with Crippen molar-refractivity contribution in [3.05, 3.63) is 71.3 Å². The van der Waals surface area contributed by atoms with Gasteiger partial charge in [-0.05, 0) is 29.7 Å². The lowest BCUT2D eigenvalue weighted by Crippen LogP contribution is -2.31. The van der Waals surface area contributed by atoms with Gasteiger partial charge in [0, 0.05) is 19.0 Å². The Morgan fingerprint density at radius 3 is 2.21 bits per heavy atom. The standard InChI is InChI=1S/C19H21F3N2O2S.ClH/c20-19(21,22)18-9-5-4-8-15(18)13-27(25,26)24-11-16(10-23)17(12-24)14-6-2-1-3-7-14;/h1-9,16-17H,10-13,23H2;1H/t16-,17+;/m1./s1. The molecule has 0 bridgehead atoms. The number of nitrogens with zero attached hydrogens (tertiary/aromatic N) is 1. The maximum absolute atomic E-state index is 13.2. The molecule has 2 aromatic rings. The molecule has 28 heavy (non-hydrogen) atoms. The van der Waals surface area contributed by atoms with Crippen LogP contribution in [0.2, 0.25) is 0 Å². The zero-order valence-electron chi connectivity index (χ0n) is 15.0. The number of rotatable bonds is 5. The molecule has 2 atom stereocenters. The monoisotopic (exact) mass is 434 g/mol. The Bertz CT molecular complexity index is 892. The van der Waals surface area contributed by atoms with Gasteiger partial charge in [-0.25, -0.2) is 12.7 Å². The minimum atomic E-state index is -4.59. The van der Waals surface area contributed by atoms with Crippen molar-refractivity contribution < 1.29 is 21.6 Å². The highest BCUT2D eigenvalue weighted by molar-refractivity contribution is 7.88. The van der Waals surface area contributed by atoms with Crippen LogP contribution in [-0.4, -0.2) is 32.4 Å². The van der Waals surface area contributed by atoms with Crippen molar-refractivity contribution in [3.8, 4) is 0 Å². The highest BCUT2D eigenvalue weighted by Crippen LogP contribution is 2.36. The molecule has 2 N–H and O–H groups in total. The Labute approximate surface area is 169 Å². The lowest BCUT2D eigenvalue weighted by Gasteiger charge is -2.19. The third-order valence-electron chi connectivity index (χ3n) is 4.99. The van der Waals surface area contributed by atoms with Gasteiger partial charge in [0.05, 0.1) is 11.3 Å². The molecule has 9 heteroatoms. The average Bonchev–Trinajstić information content (AvgIpc) is 3.07. The molecule has 3 rings (SSSR count). The zero-order valence-corrected chi connectivity index (χ0v) is 16.6. The summed E-state index contributed by atoms with van der Waals surface area (Å²) in [6.07, 6.45) is -4.59. The summed E-state index contributed by atoms with van der Waals surface area (Å²) >= 11 is 0. The maximum atomic E-state index is 13.2. The van der Waals surface area contributed by atoms with Crippen LogP contribution in [-0.2, 0) is 22.0 Å². The Hall–Kier alpha value is -1.61. The first kappa shape index (κ1) is 22.7. The van der Waals surface area contributed by atoms with Gasteiger partial charge in [-0.15, -0.1) is 12.4 Å². The molecule has 0 amide bonds. The lowest BCUT2D eigenvalue weighted by atomic mass is 9.89. The van der Waals surface area contributed by atoms with Gasteiger partial charge in [0.1, 0.15) is 0 Å². The Balaban J connectivity index is 0.00000280. The van der Waals surface area contributed by atoms with Gasteiger partial charge < -0.3 is 5.73 Å². The molecule has 0 spiro atoms. The predicted molar refractivity (Wildman–Crippen MR) is 105 cm³/mol. The molecule has 0 aromatic heterocycles. The first-order valence-electron chi connectivity index (χ1n) is 8.60. The summed E-state index contributed by atoms with van der Waals surface area (Å²) < 4.78 is 66.5. The third kappa shape index (κ3) is 4.86. The molecule has 1 heterocycles. The Kier molecular flexibility index (Phi) is 7.14. The number of hydrogen-bond donors (Lipinski definition) is 1. The van der Waals surface area contributed by atoms with Gasteiger partial charge in [0.25, 0.3) is 0 Å². The summed E-state index contributed by atoms with van der Waals surface area (Å²) in [4.78, 5) is 0. The fraction of sp³-hybridized carbons (Fsp3) is 0.368. The van der Waals surface area contributed by atoms with Crippen LogP contribution in [0.3, 0.4) is 0 Å². The van der Waals surface area contributed by atoms with E-state index in [4.69, 9.17) is 5.73 Å². The lowest BCUT2D eigenvalue weighted by molar-refractivity contribution is -0.138. The summed E-state index contributed by atoms with van der Waals surface area (Å²) in [5, 5.41) is 0. The molecule has 4 nitrogen and oxygen atoms in total. The SMILES string of the molecule is Cl.NC[C@@H]1CN(S(=O)(=O)Cc2ccccc2C(F)(F)F)C[C@H]1c1ccccc1. The van der Waals surface area contributed by atoms with E-state index in [-0.39, 0.29) is 42.9 Å². The molecule has 1 aliphatic rings. The third-order valence-corrected chi connectivity index (χ3v) is 6.75. The van der Waals surface area contributed by atoms with Crippen molar-refractivity contribution >= 4 is 22.4 Å². The second-order valence-electron chi connectivity index (χ2n) is 6.74. The highest BCUT2D eigenvalue weighted by Gasteiger charge is 2.40. The Morgan fingerprint density at radius 2 is 1.61 bits per heavy atom. The number of benzene rings is 2. The summed E-state index contributed by atoms with van der Waals surface area (Å²) in [6, 6.07) is 14.3. The molecule has 0 unspecified atom stereocenters. The van der Waals surface area contributed by atoms with E-state index < -0.39 is 27.5 Å². The predicted octanol–water partition coefficient (Wildman–Crippen LogP) is 3.63. The summed E-state index contributed by atoms with van der Waals surface area (Å²) in [5.41, 5.74) is 5.67. The quantitative estimate of drug-likeness (QED) is 0.781. The van der Waals surface area contributed by atoms with E-state index in [2.05, 4.69) is 0 Å². The van der Waals surface area contributed by atoms with Crippen LogP contribution in [0.15, 0.2) is 54.6 Å². The van der Waals surface area contributed by atoms with Crippen LogP contribution >= 0.6 is 12.4 Å². The van der Waals surface area contributed by atoms with Crippen LogP contribution in [0.4, 0.5) is 13.2 Å². The first-order valence-corrected chi connectivity index (χ1v) is 10.2. The van der Waals surface area contributed by atoms with Crippen molar-refractivity contribution in [1.29, 1.82) is 0 Å². The number of halogens is 4. The van der Waals surface area contributed by atoms with Gasteiger partial charge >= 0.3 is 6.18 Å². The molecule has 0 saturated carbocycles. The molecule has 0 radical (unpaired) electrons. The Morgan fingerprint density at radius 1 is 1.00 bits per heavy atom. The van der Waals surface area contributed by atoms with Crippen LogP contribution in [0, 0.1) is 5.92 Å². The van der Waals surface area contributed by atoms with Gasteiger partial charge in [-0.2, -0.15) is 13.2 Å². The minimum Gasteiger partial charge on any atom is -0.330 e. The zero-order chi connectivity index (χ0) is 19.7. The number of nitrogens with two attached hydrogens (primary N) is 1. The molecule has 1 saturated heterocycles. The van der Waals surface area contributed by atoms with Crippen molar-refractivity contribution in [3.63, 3.8) is 0 Å². The molecular formula is C19H22ClF3N2O2S. The maximum Gasteiger partial charge on any atom is 0.416 e. The fourth-order valence-electron chi connectivity index (χ4n) is 3.59. The summed E-state index contributed by atoms with van der Waals surface area (Å²) in [6.45, 7) is 0.750. The first-order chi connectivity index (χ1) is 12.7. The molecular weight excluding hydrogens is 413 g/mol. The van der Waals surface area contributed by atoms with Gasteiger partial charge in [0.2, 0.25) is 10.0 Å². The number of sulfonamides is 1. The topological polar surface area (TPSA) is 63.4 Å². The summed E-state index contributed by atoms with van der Waals surface area (Å²) in [5.74, 6) is -0.814. The fourth-order valence-corrected chi connectivity index (χ4v) is 5.22. The average molecular weight is 435 g/mol. The molecule has 1 fully saturated rings. The van der Waals surface area contributed by atoms with Crippen LogP contribution < -0.4 is 5.73 Å². The van der Waals surface area contributed by atoms with Gasteiger partial charge in [-0.3, -0.25) is 0 Å². The molecule has 154 valence electrons. The number of hydrogen-bond acceptors (Lipinski definition) is 3. The van der Waals surface area contributed by atoms with E-state index in [1.807, 2.05) is 30.3 Å². The second-order valence-corrected chi connectivity index (χ2v) is 8.71. The van der Waals surface area contributed by atoms with Gasteiger partial charge in [0.15, 0.2) is 0 Å².